The number of carbonyl (C=O) groups excluding carboxylic acids is 2. The van der Waals surface area contributed by atoms with E-state index >= 15 is 0 Å². The quantitative estimate of drug-likeness (QED) is 0.321. The second-order valence-electron chi connectivity index (χ2n) is 7.02. The van der Waals surface area contributed by atoms with Gasteiger partial charge in [0.2, 0.25) is 5.91 Å². The SMILES string of the molecule is CC(/C=C1\SC(=S)N(C(C)C(=O)NCCCCCC(=O)O)C1=O)=C\c1ccccc1. The van der Waals surface area contributed by atoms with Crippen LogP contribution in [0.1, 0.15) is 45.1 Å². The van der Waals surface area contributed by atoms with Crippen LogP contribution in [0.3, 0.4) is 0 Å². The molecule has 0 radical (unpaired) electrons. The molecule has 160 valence electrons. The Morgan fingerprint density at radius 1 is 1.23 bits per heavy atom. The van der Waals surface area contributed by atoms with Crippen LogP contribution in [0, 0.1) is 0 Å². The number of aliphatic carboxylic acids is 1. The van der Waals surface area contributed by atoms with Gasteiger partial charge in [0.1, 0.15) is 10.4 Å². The lowest BCUT2D eigenvalue weighted by Crippen LogP contribution is -2.47. The van der Waals surface area contributed by atoms with Gasteiger partial charge in [-0.3, -0.25) is 19.3 Å². The summed E-state index contributed by atoms with van der Waals surface area (Å²) in [6.07, 6.45) is 5.89. The smallest absolute Gasteiger partial charge is 0.303 e. The van der Waals surface area contributed by atoms with Crippen LogP contribution >= 0.6 is 24.0 Å². The minimum absolute atomic E-state index is 0.130. The van der Waals surface area contributed by atoms with Crippen LogP contribution in [-0.2, 0) is 14.4 Å². The lowest BCUT2D eigenvalue weighted by molar-refractivity contribution is -0.137. The summed E-state index contributed by atoms with van der Waals surface area (Å²) in [6, 6.07) is 9.10. The van der Waals surface area contributed by atoms with E-state index in [4.69, 9.17) is 17.3 Å². The number of rotatable bonds is 10. The standard InChI is InChI=1S/C22H26N2O4S2/c1-15(13-17-9-5-3-6-10-17)14-18-21(28)24(22(29)30-18)16(2)20(27)23-12-8-4-7-11-19(25)26/h3,5-6,9-10,13-14,16H,4,7-8,11-12H2,1-2H3,(H,23,27)(H,25,26)/b15-13+,18-14-. The summed E-state index contributed by atoms with van der Waals surface area (Å²) in [5.41, 5.74) is 1.96. The third kappa shape index (κ3) is 7.11. The molecular weight excluding hydrogens is 420 g/mol. The number of benzene rings is 1. The normalized spacial score (nSPS) is 16.8. The summed E-state index contributed by atoms with van der Waals surface area (Å²) < 4.78 is 0.364. The van der Waals surface area contributed by atoms with Crippen molar-refractivity contribution in [2.24, 2.45) is 0 Å². The van der Waals surface area contributed by atoms with E-state index in [2.05, 4.69) is 5.32 Å². The van der Waals surface area contributed by atoms with Crippen molar-refractivity contribution in [3.05, 3.63) is 52.4 Å². The number of unbranched alkanes of at least 4 members (excludes halogenated alkanes) is 2. The van der Waals surface area contributed by atoms with Crippen LogP contribution in [0.15, 0.2) is 46.9 Å². The van der Waals surface area contributed by atoms with E-state index < -0.39 is 12.0 Å². The van der Waals surface area contributed by atoms with Crippen molar-refractivity contribution < 1.29 is 19.5 Å². The largest absolute Gasteiger partial charge is 0.481 e. The third-order valence-corrected chi connectivity index (χ3v) is 5.84. The van der Waals surface area contributed by atoms with Gasteiger partial charge in [-0.25, -0.2) is 0 Å². The van der Waals surface area contributed by atoms with E-state index in [1.54, 1.807) is 13.0 Å². The van der Waals surface area contributed by atoms with Gasteiger partial charge in [0, 0.05) is 13.0 Å². The molecule has 1 fully saturated rings. The zero-order chi connectivity index (χ0) is 22.1. The topological polar surface area (TPSA) is 86.7 Å². The molecule has 2 N–H and O–H groups in total. The molecule has 30 heavy (non-hydrogen) atoms. The van der Waals surface area contributed by atoms with Crippen molar-refractivity contribution >= 4 is 52.2 Å². The number of thiocarbonyl (C=S) groups is 1. The Hall–Kier alpha value is -2.45. The number of hydrogen-bond acceptors (Lipinski definition) is 5. The van der Waals surface area contributed by atoms with Crippen LogP contribution in [0.25, 0.3) is 6.08 Å². The molecule has 8 heteroatoms. The summed E-state index contributed by atoms with van der Waals surface area (Å²) in [5.74, 6) is -1.36. The first-order valence-corrected chi connectivity index (χ1v) is 11.0. The number of nitrogens with one attached hydrogen (secondary N) is 1. The maximum absolute atomic E-state index is 12.8. The number of carboxylic acid groups (broad SMARTS) is 1. The zero-order valence-electron chi connectivity index (χ0n) is 17.1. The molecule has 2 rings (SSSR count). The summed E-state index contributed by atoms with van der Waals surface area (Å²) in [7, 11) is 0. The van der Waals surface area contributed by atoms with Gasteiger partial charge in [-0.05, 0) is 43.9 Å². The number of nitrogens with zero attached hydrogens (tertiary/aromatic N) is 1. The van der Waals surface area contributed by atoms with Crippen molar-refractivity contribution in [2.75, 3.05) is 6.54 Å². The van der Waals surface area contributed by atoms with Crippen molar-refractivity contribution in [2.45, 2.75) is 45.6 Å². The van der Waals surface area contributed by atoms with E-state index in [-0.39, 0.29) is 18.2 Å². The maximum Gasteiger partial charge on any atom is 0.303 e. The van der Waals surface area contributed by atoms with Crippen LogP contribution in [0.2, 0.25) is 0 Å². The third-order valence-electron chi connectivity index (χ3n) is 4.51. The molecule has 0 aliphatic carbocycles. The number of carboxylic acids is 1. The van der Waals surface area contributed by atoms with Gasteiger partial charge >= 0.3 is 5.97 Å². The molecule has 1 heterocycles. The highest BCUT2D eigenvalue weighted by atomic mass is 32.2. The zero-order valence-corrected chi connectivity index (χ0v) is 18.7. The molecule has 1 aliphatic rings. The number of hydrogen-bond donors (Lipinski definition) is 2. The highest BCUT2D eigenvalue weighted by Gasteiger charge is 2.38. The minimum atomic E-state index is -0.816. The summed E-state index contributed by atoms with van der Waals surface area (Å²) >= 11 is 6.54. The number of amides is 2. The van der Waals surface area contributed by atoms with E-state index in [1.165, 1.54) is 16.7 Å². The fraction of sp³-hybridized carbons (Fsp3) is 0.364. The molecule has 1 unspecified atom stereocenters. The van der Waals surface area contributed by atoms with Crippen LogP contribution < -0.4 is 5.32 Å². The molecule has 1 aromatic rings. The Labute approximate surface area is 186 Å². The summed E-state index contributed by atoms with van der Waals surface area (Å²) in [6.45, 7) is 4.01. The predicted octanol–water partition coefficient (Wildman–Crippen LogP) is 3.98. The van der Waals surface area contributed by atoms with E-state index in [0.717, 1.165) is 17.6 Å². The molecule has 0 saturated carbocycles. The van der Waals surface area contributed by atoms with Gasteiger partial charge in [0.05, 0.1) is 4.91 Å². The highest BCUT2D eigenvalue weighted by molar-refractivity contribution is 8.26. The first-order chi connectivity index (χ1) is 14.3. The van der Waals surface area contributed by atoms with Gasteiger partial charge in [-0.1, -0.05) is 66.8 Å². The molecule has 6 nitrogen and oxygen atoms in total. The lowest BCUT2D eigenvalue weighted by Gasteiger charge is -2.22. The molecule has 0 spiro atoms. The Balaban J connectivity index is 1.92. The first kappa shape index (κ1) is 23.8. The summed E-state index contributed by atoms with van der Waals surface area (Å²) in [4.78, 5) is 37.6. The fourth-order valence-electron chi connectivity index (χ4n) is 2.93. The average Bonchev–Trinajstić information content (AvgIpc) is 2.97. The van der Waals surface area contributed by atoms with Crippen molar-refractivity contribution in [1.82, 2.24) is 10.2 Å². The Morgan fingerprint density at radius 2 is 1.93 bits per heavy atom. The van der Waals surface area contributed by atoms with E-state index in [9.17, 15) is 14.4 Å². The number of thioether (sulfide) groups is 1. The lowest BCUT2D eigenvalue weighted by atomic mass is 10.1. The maximum atomic E-state index is 12.8. The molecule has 2 amide bonds. The van der Waals surface area contributed by atoms with Gasteiger partial charge in [-0.15, -0.1) is 0 Å². The summed E-state index contributed by atoms with van der Waals surface area (Å²) in [5, 5.41) is 11.4. The van der Waals surface area contributed by atoms with E-state index in [0.29, 0.717) is 28.6 Å². The number of allylic oxidation sites excluding steroid dienone is 2. The molecule has 1 saturated heterocycles. The molecule has 1 aliphatic heterocycles. The van der Waals surface area contributed by atoms with Crippen LogP contribution in [-0.4, -0.2) is 44.7 Å². The molecule has 0 bridgehead atoms. The Bertz CT molecular complexity index is 865. The molecule has 1 aromatic carbocycles. The second-order valence-corrected chi connectivity index (χ2v) is 8.70. The Kier molecular flexibility index (Phi) is 9.26. The van der Waals surface area contributed by atoms with Crippen LogP contribution in [0.4, 0.5) is 0 Å². The Morgan fingerprint density at radius 3 is 2.60 bits per heavy atom. The number of carbonyl (C=O) groups is 3. The van der Waals surface area contributed by atoms with Crippen molar-refractivity contribution in [1.29, 1.82) is 0 Å². The molecule has 0 aromatic heterocycles. The first-order valence-electron chi connectivity index (χ1n) is 9.79. The van der Waals surface area contributed by atoms with Crippen molar-refractivity contribution in [3.8, 4) is 0 Å². The highest BCUT2D eigenvalue weighted by Crippen LogP contribution is 2.33. The van der Waals surface area contributed by atoms with Gasteiger partial charge in [0.25, 0.3) is 5.91 Å². The molecule has 1 atom stereocenters. The van der Waals surface area contributed by atoms with Crippen molar-refractivity contribution in [3.63, 3.8) is 0 Å². The van der Waals surface area contributed by atoms with Gasteiger partial charge in [0.15, 0.2) is 0 Å². The van der Waals surface area contributed by atoms with Gasteiger partial charge in [-0.2, -0.15) is 0 Å². The van der Waals surface area contributed by atoms with E-state index in [1.807, 2.05) is 43.3 Å². The average molecular weight is 447 g/mol. The predicted molar refractivity (Wildman–Crippen MR) is 124 cm³/mol. The second kappa shape index (κ2) is 11.7. The van der Waals surface area contributed by atoms with Gasteiger partial charge < -0.3 is 10.4 Å². The monoisotopic (exact) mass is 446 g/mol. The van der Waals surface area contributed by atoms with Crippen LogP contribution in [0.5, 0.6) is 0 Å². The minimum Gasteiger partial charge on any atom is -0.481 e. The molecular formula is C22H26N2O4S2. The fourth-order valence-corrected chi connectivity index (χ4v) is 4.40.